The Hall–Kier alpha value is -2.52. The van der Waals surface area contributed by atoms with Gasteiger partial charge in [-0.25, -0.2) is 0 Å². The van der Waals surface area contributed by atoms with Crippen LogP contribution < -0.4 is 0 Å². The number of carbonyl (C=O) groups excluding carboxylic acids is 2. The molecule has 6 aliphatic heterocycles. The Labute approximate surface area is 368 Å². The fourth-order valence-corrected chi connectivity index (χ4v) is 12.5. The van der Waals surface area contributed by atoms with Gasteiger partial charge in [0.25, 0.3) is 0 Å². The van der Waals surface area contributed by atoms with E-state index in [0.717, 1.165) is 18.4 Å². The van der Waals surface area contributed by atoms with E-state index in [-0.39, 0.29) is 84.9 Å². The van der Waals surface area contributed by atoms with E-state index in [0.29, 0.717) is 49.2 Å². The summed E-state index contributed by atoms with van der Waals surface area (Å²) in [6.45, 7) is 12.2. The van der Waals surface area contributed by atoms with Crippen LogP contribution in [0.4, 0.5) is 0 Å². The zero-order chi connectivity index (χ0) is 44.1. The van der Waals surface area contributed by atoms with E-state index in [1.165, 1.54) is 19.3 Å². The summed E-state index contributed by atoms with van der Waals surface area (Å²) in [5.74, 6) is -2.70. The molecular formula is C50H72O12. The maximum Gasteiger partial charge on any atom is 0.316 e. The van der Waals surface area contributed by atoms with Crippen LogP contribution in [0.3, 0.4) is 0 Å². The molecule has 0 aromatic rings. The van der Waals surface area contributed by atoms with Crippen molar-refractivity contribution in [2.45, 2.75) is 184 Å². The van der Waals surface area contributed by atoms with Gasteiger partial charge in [-0.2, -0.15) is 0 Å². The molecular weight excluding hydrogens is 793 g/mol. The summed E-state index contributed by atoms with van der Waals surface area (Å²) >= 11 is 0. The second kappa shape index (κ2) is 18.8. The van der Waals surface area contributed by atoms with E-state index in [1.54, 1.807) is 33.3 Å². The van der Waals surface area contributed by atoms with Crippen LogP contribution in [0.15, 0.2) is 59.3 Å². The topological polar surface area (TPSA) is 148 Å². The lowest BCUT2D eigenvalue weighted by atomic mass is 9.71. The van der Waals surface area contributed by atoms with Gasteiger partial charge in [0.2, 0.25) is 0 Å². The number of carbonyl (C=O) groups is 2. The van der Waals surface area contributed by atoms with E-state index in [4.69, 9.17) is 37.9 Å². The minimum atomic E-state index is -1.91. The maximum atomic E-state index is 14.4. The molecule has 2 N–H and O–H groups in total. The van der Waals surface area contributed by atoms with Crippen LogP contribution in [0.5, 0.6) is 0 Å². The van der Waals surface area contributed by atoms with Gasteiger partial charge < -0.3 is 48.1 Å². The number of esters is 1. The first kappa shape index (κ1) is 46.0. The van der Waals surface area contributed by atoms with Crippen molar-refractivity contribution in [1.29, 1.82) is 0 Å². The highest BCUT2D eigenvalue weighted by Gasteiger charge is 2.60. The van der Waals surface area contributed by atoms with Crippen molar-refractivity contribution in [3.63, 3.8) is 0 Å². The van der Waals surface area contributed by atoms with Crippen molar-refractivity contribution in [2.24, 2.45) is 35.5 Å². The quantitative estimate of drug-likeness (QED) is 0.225. The van der Waals surface area contributed by atoms with Gasteiger partial charge in [-0.1, -0.05) is 75.1 Å². The summed E-state index contributed by atoms with van der Waals surface area (Å²) in [5.41, 5.74) is 0.0613. The summed E-state index contributed by atoms with van der Waals surface area (Å²) in [6, 6.07) is 0. The zero-order valence-electron chi connectivity index (χ0n) is 38.1. The summed E-state index contributed by atoms with van der Waals surface area (Å²) in [4.78, 5) is 27.9. The van der Waals surface area contributed by atoms with Crippen molar-refractivity contribution < 1.29 is 57.7 Å². The molecule has 8 aliphatic rings. The van der Waals surface area contributed by atoms with Gasteiger partial charge in [0.05, 0.1) is 55.4 Å². The molecule has 5 fully saturated rings. The molecule has 2 bridgehead atoms. The van der Waals surface area contributed by atoms with Gasteiger partial charge in [0.1, 0.15) is 23.7 Å². The Morgan fingerprint density at radius 3 is 2.31 bits per heavy atom. The van der Waals surface area contributed by atoms with E-state index < -0.39 is 41.6 Å². The molecule has 1 spiro atoms. The predicted octanol–water partition coefficient (Wildman–Crippen LogP) is 6.67. The van der Waals surface area contributed by atoms with Crippen LogP contribution in [0.2, 0.25) is 0 Å². The van der Waals surface area contributed by atoms with Crippen LogP contribution in [0.25, 0.3) is 0 Å². The second-order valence-corrected chi connectivity index (χ2v) is 19.9. The Kier molecular flexibility index (Phi) is 13.9. The molecule has 2 unspecified atom stereocenters. The van der Waals surface area contributed by atoms with Crippen molar-refractivity contribution in [3.8, 4) is 0 Å². The standard InChI is InChI=1S/C50H72O12/c1-27-13-12-16-34-26-57-47-44(51)30(4)21-37(50(34,47)54)48(53)60-36-22-35(61-49(25-36)20-19-29(3)46(62-49)33-14-10-9-11-15-33)18-17-28(2)42(27)39-23-38(55-7)43(31(5)58-39)40-24-41(56-8)45(52)32(6)59-40/h12-13,16-17,19-21,27,29,31-33,35-43,45-47,52,54H,9-11,14-15,18,22-26H2,1-8H3/b13-12+,28-17+,34-16+/t27-,29-,31-,32-,35+,36-,37-,38-,39+,40?,41-,42?,43-,45-,46-,47+,49+,50+/m0/s1. The third-order valence-electron chi connectivity index (χ3n) is 15.9. The molecule has 12 heteroatoms. The van der Waals surface area contributed by atoms with Crippen LogP contribution in [0.1, 0.15) is 106 Å². The van der Waals surface area contributed by atoms with Crippen molar-refractivity contribution in [1.82, 2.24) is 0 Å². The lowest BCUT2D eigenvalue weighted by Gasteiger charge is -2.49. The minimum Gasteiger partial charge on any atom is -0.462 e. The molecule has 62 heavy (non-hydrogen) atoms. The van der Waals surface area contributed by atoms with E-state index >= 15 is 0 Å². The van der Waals surface area contributed by atoms with Gasteiger partial charge in [-0.3, -0.25) is 9.59 Å². The highest BCUT2D eigenvalue weighted by molar-refractivity contribution is 6.03. The normalized spacial score (nSPS) is 49.2. The number of ketones is 1. The number of aliphatic hydroxyl groups is 2. The second-order valence-electron chi connectivity index (χ2n) is 19.9. The predicted molar refractivity (Wildman–Crippen MR) is 231 cm³/mol. The third-order valence-corrected chi connectivity index (χ3v) is 15.9. The van der Waals surface area contributed by atoms with E-state index in [9.17, 15) is 19.8 Å². The summed E-state index contributed by atoms with van der Waals surface area (Å²) in [7, 11) is 3.38. The molecule has 344 valence electrons. The number of Topliss-reactive ketones (excluding diaryl/α,β-unsaturated/α-hetero) is 1. The van der Waals surface area contributed by atoms with Crippen molar-refractivity contribution in [2.75, 3.05) is 20.8 Å². The summed E-state index contributed by atoms with van der Waals surface area (Å²) in [5, 5.41) is 23.3. The van der Waals surface area contributed by atoms with Crippen LogP contribution in [-0.2, 0) is 47.5 Å². The van der Waals surface area contributed by atoms with Crippen molar-refractivity contribution in [3.05, 3.63) is 59.3 Å². The van der Waals surface area contributed by atoms with Gasteiger partial charge in [-0.05, 0) is 76.0 Å². The lowest BCUT2D eigenvalue weighted by Crippen LogP contribution is -2.57. The molecule has 0 radical (unpaired) electrons. The van der Waals surface area contributed by atoms with Gasteiger partial charge in [0, 0.05) is 57.7 Å². The Bertz CT molecular complexity index is 1800. The third kappa shape index (κ3) is 8.78. The largest absolute Gasteiger partial charge is 0.462 e. The van der Waals surface area contributed by atoms with Gasteiger partial charge >= 0.3 is 5.97 Å². The first-order valence-corrected chi connectivity index (χ1v) is 23.6. The fraction of sp³-hybridized carbons (Fsp3) is 0.760. The monoisotopic (exact) mass is 865 g/mol. The number of fused-ring (bicyclic) bond motifs is 2. The maximum absolute atomic E-state index is 14.4. The van der Waals surface area contributed by atoms with Gasteiger partial charge in [-0.15, -0.1) is 0 Å². The molecule has 0 amide bonds. The first-order chi connectivity index (χ1) is 29.7. The average Bonchev–Trinajstić information content (AvgIpc) is 3.59. The van der Waals surface area contributed by atoms with Gasteiger partial charge in [0.15, 0.2) is 17.7 Å². The lowest BCUT2D eigenvalue weighted by molar-refractivity contribution is -0.301. The molecule has 8 rings (SSSR count). The fourth-order valence-electron chi connectivity index (χ4n) is 12.5. The molecule has 6 heterocycles. The summed E-state index contributed by atoms with van der Waals surface area (Å²) in [6.07, 6.45) is 17.8. The first-order valence-electron chi connectivity index (χ1n) is 23.6. The van der Waals surface area contributed by atoms with E-state index in [2.05, 4.69) is 45.9 Å². The Balaban J connectivity index is 1.14. The molecule has 0 aromatic carbocycles. The molecule has 0 aromatic heterocycles. The van der Waals surface area contributed by atoms with Crippen LogP contribution in [-0.4, -0.2) is 121 Å². The highest BCUT2D eigenvalue weighted by atomic mass is 16.7. The zero-order valence-corrected chi connectivity index (χ0v) is 38.1. The number of methoxy groups -OCH3 is 2. The van der Waals surface area contributed by atoms with Crippen LogP contribution >= 0.6 is 0 Å². The molecule has 4 saturated heterocycles. The molecule has 2 aliphatic carbocycles. The minimum absolute atomic E-state index is 0.00365. The SMILES string of the molecule is CO[C@H]1CC([C@H]2[C@H](C)O[C@@H](C3/C(C)=C/C[C@@H]4C[C@@H](C[C@]5(C=C[C@H](C)[C@@H](C6CCCCC6)O5)O4)OC(=O)[C@@H]4C=C(C)C(=O)[C@H]5OC/C(=C\C=C\[C@@H]3C)[C@]54O)C[C@@H]2OC)O[C@@H](C)[C@@H]1O. The molecule has 1 saturated carbocycles. The number of ether oxygens (including phenoxy) is 8. The number of allylic oxidation sites excluding steroid dienone is 3. The smallest absolute Gasteiger partial charge is 0.316 e. The Morgan fingerprint density at radius 2 is 1.56 bits per heavy atom. The number of hydrogen-bond acceptors (Lipinski definition) is 12. The molecule has 12 nitrogen and oxygen atoms in total. The van der Waals surface area contributed by atoms with E-state index in [1.807, 2.05) is 19.1 Å². The highest BCUT2D eigenvalue weighted by Crippen LogP contribution is 2.48. The summed E-state index contributed by atoms with van der Waals surface area (Å²) < 4.78 is 52.0. The van der Waals surface area contributed by atoms with Crippen LogP contribution in [0, 0.1) is 35.5 Å². The average molecular weight is 865 g/mol. The Morgan fingerprint density at radius 1 is 0.839 bits per heavy atom. The number of aliphatic hydroxyl groups excluding tert-OH is 1. The molecule has 18 atom stereocenters. The number of hydrogen-bond donors (Lipinski definition) is 2. The number of rotatable bonds is 5. The van der Waals surface area contributed by atoms with Crippen molar-refractivity contribution >= 4 is 11.8 Å².